The summed E-state index contributed by atoms with van der Waals surface area (Å²) in [4.78, 5) is 12.8. The number of para-hydroxylation sites is 1. The number of aliphatic hydroxyl groups is 1. The maximum Gasteiger partial charge on any atom is 0.251 e. The fourth-order valence-electron chi connectivity index (χ4n) is 4.10. The molecule has 1 aromatic heterocycles. The molecule has 0 spiro atoms. The third-order valence-corrected chi connectivity index (χ3v) is 5.73. The van der Waals surface area contributed by atoms with Gasteiger partial charge in [-0.15, -0.1) is 0 Å². The summed E-state index contributed by atoms with van der Waals surface area (Å²) in [5, 5.41) is 10.3. The van der Waals surface area contributed by atoms with Crippen molar-refractivity contribution < 1.29 is 14.6 Å². The molecule has 2 atom stereocenters. The van der Waals surface area contributed by atoms with E-state index in [4.69, 9.17) is 9.47 Å². The minimum atomic E-state index is -0.458. The van der Waals surface area contributed by atoms with Crippen molar-refractivity contribution in [3.8, 4) is 22.6 Å². The zero-order valence-electron chi connectivity index (χ0n) is 17.2. The summed E-state index contributed by atoms with van der Waals surface area (Å²) < 4.78 is 13.0. The number of hydrogen-bond acceptors (Lipinski definition) is 4. The van der Waals surface area contributed by atoms with Crippen LogP contribution in [0.3, 0.4) is 0 Å². The molecule has 1 fully saturated rings. The molecular formula is C25H27NO4. The zero-order chi connectivity index (χ0) is 20.9. The van der Waals surface area contributed by atoms with Gasteiger partial charge in [0, 0.05) is 17.8 Å². The van der Waals surface area contributed by atoms with Gasteiger partial charge in [0.25, 0.3) is 5.56 Å². The van der Waals surface area contributed by atoms with Crippen LogP contribution in [0.25, 0.3) is 11.1 Å². The minimum Gasteiger partial charge on any atom is -0.497 e. The fraction of sp³-hybridized carbons (Fsp3) is 0.320. The van der Waals surface area contributed by atoms with Gasteiger partial charge < -0.3 is 19.1 Å². The predicted octanol–water partition coefficient (Wildman–Crippen LogP) is 4.58. The normalized spacial score (nSPS) is 18.7. The number of nitrogens with zero attached hydrogens (tertiary/aromatic N) is 1. The third kappa shape index (κ3) is 4.41. The number of rotatable bonds is 6. The minimum absolute atomic E-state index is 0.0963. The summed E-state index contributed by atoms with van der Waals surface area (Å²) in [5.74, 6) is 1.51. The molecule has 3 aromatic rings. The molecule has 1 aliphatic rings. The molecule has 0 saturated heterocycles. The lowest BCUT2D eigenvalue weighted by atomic mass is 9.92. The Morgan fingerprint density at radius 1 is 1.03 bits per heavy atom. The van der Waals surface area contributed by atoms with Gasteiger partial charge in [-0.05, 0) is 48.2 Å². The van der Waals surface area contributed by atoms with Gasteiger partial charge in [0.15, 0.2) is 0 Å². The summed E-state index contributed by atoms with van der Waals surface area (Å²) in [5.41, 5.74) is 2.59. The molecule has 2 aromatic carbocycles. The summed E-state index contributed by atoms with van der Waals surface area (Å²) in [6, 6.07) is 18.9. The van der Waals surface area contributed by atoms with Crippen LogP contribution in [0.4, 0.5) is 0 Å². The van der Waals surface area contributed by atoms with Crippen LogP contribution < -0.4 is 15.0 Å². The molecule has 1 aliphatic carbocycles. The van der Waals surface area contributed by atoms with Gasteiger partial charge in [0.05, 0.1) is 19.3 Å². The molecule has 0 amide bonds. The van der Waals surface area contributed by atoms with Crippen molar-refractivity contribution in [1.29, 1.82) is 0 Å². The van der Waals surface area contributed by atoms with E-state index in [1.807, 2.05) is 54.6 Å². The summed E-state index contributed by atoms with van der Waals surface area (Å²) in [6.07, 6.45) is 4.98. The molecule has 1 heterocycles. The van der Waals surface area contributed by atoms with Crippen molar-refractivity contribution in [2.75, 3.05) is 7.11 Å². The van der Waals surface area contributed by atoms with E-state index in [-0.39, 0.29) is 11.6 Å². The molecule has 1 N–H and O–H groups in total. The predicted molar refractivity (Wildman–Crippen MR) is 117 cm³/mol. The summed E-state index contributed by atoms with van der Waals surface area (Å²) in [7, 11) is 1.64. The van der Waals surface area contributed by atoms with Crippen molar-refractivity contribution in [2.45, 2.75) is 44.4 Å². The van der Waals surface area contributed by atoms with E-state index >= 15 is 0 Å². The number of ether oxygens (including phenoxy) is 2. The van der Waals surface area contributed by atoms with Gasteiger partial charge >= 0.3 is 0 Å². The highest BCUT2D eigenvalue weighted by Gasteiger charge is 2.25. The molecule has 4 rings (SSSR count). The molecule has 0 bridgehead atoms. The Labute approximate surface area is 176 Å². The Bertz CT molecular complexity index is 1060. The standard InChI is InChI=1S/C25H27NO4/c1-29-20-8-6-7-18(15-20)17-30-24-12-5-2-9-21(24)19-13-14-26(25(28)16-19)22-10-3-4-11-23(22)27/h2,5-9,12-16,22-23,27H,3-4,10-11,17H2,1H3/t22-,23-/m0/s1. The summed E-state index contributed by atoms with van der Waals surface area (Å²) in [6.45, 7) is 0.402. The number of methoxy groups -OCH3 is 1. The average molecular weight is 405 g/mol. The molecule has 5 nitrogen and oxygen atoms in total. The van der Waals surface area contributed by atoms with Crippen molar-refractivity contribution in [3.05, 3.63) is 82.8 Å². The topological polar surface area (TPSA) is 60.7 Å². The van der Waals surface area contributed by atoms with Crippen LogP contribution in [0.15, 0.2) is 71.7 Å². The second-order valence-corrected chi connectivity index (χ2v) is 7.72. The maximum atomic E-state index is 12.8. The Kier molecular flexibility index (Phi) is 6.19. The van der Waals surface area contributed by atoms with Gasteiger partial charge in [-0.3, -0.25) is 4.79 Å². The van der Waals surface area contributed by atoms with Crippen LogP contribution >= 0.6 is 0 Å². The van der Waals surface area contributed by atoms with E-state index in [2.05, 4.69) is 0 Å². The Hall–Kier alpha value is -3.05. The van der Waals surface area contributed by atoms with Crippen molar-refractivity contribution in [1.82, 2.24) is 4.57 Å². The Morgan fingerprint density at radius 2 is 1.87 bits per heavy atom. The molecular weight excluding hydrogens is 378 g/mol. The largest absolute Gasteiger partial charge is 0.497 e. The van der Waals surface area contributed by atoms with Crippen LogP contribution in [-0.4, -0.2) is 22.9 Å². The van der Waals surface area contributed by atoms with Gasteiger partial charge in [-0.2, -0.15) is 0 Å². The molecule has 156 valence electrons. The lowest BCUT2D eigenvalue weighted by Gasteiger charge is -2.29. The Balaban J connectivity index is 1.57. The second kappa shape index (κ2) is 9.18. The number of pyridine rings is 1. The number of benzene rings is 2. The van der Waals surface area contributed by atoms with Gasteiger partial charge in [0.1, 0.15) is 18.1 Å². The van der Waals surface area contributed by atoms with Crippen LogP contribution in [0.5, 0.6) is 11.5 Å². The van der Waals surface area contributed by atoms with Crippen molar-refractivity contribution >= 4 is 0 Å². The first-order chi connectivity index (χ1) is 14.7. The third-order valence-electron chi connectivity index (χ3n) is 5.73. The highest BCUT2D eigenvalue weighted by molar-refractivity contribution is 5.69. The molecule has 30 heavy (non-hydrogen) atoms. The quantitative estimate of drug-likeness (QED) is 0.652. The Morgan fingerprint density at radius 3 is 2.67 bits per heavy atom. The van der Waals surface area contributed by atoms with E-state index < -0.39 is 6.10 Å². The van der Waals surface area contributed by atoms with Gasteiger partial charge in [0.2, 0.25) is 0 Å². The molecule has 5 heteroatoms. The fourth-order valence-corrected chi connectivity index (χ4v) is 4.10. The van der Waals surface area contributed by atoms with Gasteiger partial charge in [-0.1, -0.05) is 43.2 Å². The SMILES string of the molecule is COc1cccc(COc2ccccc2-c2ccn([C@H]3CCCC[C@@H]3O)c(=O)c2)c1. The molecule has 0 unspecified atom stereocenters. The van der Waals surface area contributed by atoms with Crippen LogP contribution in [0.2, 0.25) is 0 Å². The first-order valence-corrected chi connectivity index (χ1v) is 10.4. The van der Waals surface area contributed by atoms with Crippen LogP contribution in [-0.2, 0) is 6.61 Å². The lowest BCUT2D eigenvalue weighted by molar-refractivity contribution is 0.0738. The second-order valence-electron chi connectivity index (χ2n) is 7.72. The van der Waals surface area contributed by atoms with E-state index in [0.717, 1.165) is 53.9 Å². The number of aliphatic hydroxyl groups excluding tert-OH is 1. The average Bonchev–Trinajstić information content (AvgIpc) is 2.78. The van der Waals surface area contributed by atoms with Crippen LogP contribution in [0, 0.1) is 0 Å². The first kappa shape index (κ1) is 20.2. The molecule has 0 radical (unpaired) electrons. The highest BCUT2D eigenvalue weighted by Crippen LogP contribution is 2.31. The number of aromatic nitrogens is 1. The van der Waals surface area contributed by atoms with Crippen molar-refractivity contribution in [3.63, 3.8) is 0 Å². The monoisotopic (exact) mass is 405 g/mol. The zero-order valence-corrected chi connectivity index (χ0v) is 17.2. The summed E-state index contributed by atoms with van der Waals surface area (Å²) >= 11 is 0. The van der Waals surface area contributed by atoms with Crippen molar-refractivity contribution in [2.24, 2.45) is 0 Å². The number of hydrogen-bond donors (Lipinski definition) is 1. The van der Waals surface area contributed by atoms with E-state index in [1.54, 1.807) is 23.9 Å². The molecule has 0 aliphatic heterocycles. The van der Waals surface area contributed by atoms with Crippen LogP contribution in [0.1, 0.15) is 37.3 Å². The highest BCUT2D eigenvalue weighted by atomic mass is 16.5. The van der Waals surface area contributed by atoms with E-state index in [0.29, 0.717) is 6.61 Å². The van der Waals surface area contributed by atoms with E-state index in [9.17, 15) is 9.90 Å². The maximum absolute atomic E-state index is 12.8. The first-order valence-electron chi connectivity index (χ1n) is 10.4. The molecule has 1 saturated carbocycles. The van der Waals surface area contributed by atoms with Gasteiger partial charge in [-0.25, -0.2) is 0 Å². The lowest BCUT2D eigenvalue weighted by Crippen LogP contribution is -2.34. The smallest absolute Gasteiger partial charge is 0.251 e. The van der Waals surface area contributed by atoms with E-state index in [1.165, 1.54) is 0 Å².